The molecule has 0 bridgehead atoms. The molecule has 0 spiro atoms. The Morgan fingerprint density at radius 1 is 1.25 bits per heavy atom. The first-order valence-electron chi connectivity index (χ1n) is 7.32. The van der Waals surface area contributed by atoms with E-state index in [4.69, 9.17) is 5.11 Å². The highest BCUT2D eigenvalue weighted by molar-refractivity contribution is 5.86. The number of carboxylic acid groups (broad SMARTS) is 1. The van der Waals surface area contributed by atoms with Crippen molar-refractivity contribution in [1.82, 2.24) is 9.80 Å². The summed E-state index contributed by atoms with van der Waals surface area (Å²) in [5.41, 5.74) is 0. The van der Waals surface area contributed by atoms with E-state index >= 15 is 0 Å². The van der Waals surface area contributed by atoms with Gasteiger partial charge in [-0.05, 0) is 19.3 Å². The first-order valence-corrected chi connectivity index (χ1v) is 7.32. The second-order valence-corrected chi connectivity index (χ2v) is 5.19. The lowest BCUT2D eigenvalue weighted by molar-refractivity contribution is -0.146. The number of aliphatic carboxylic acids is 1. The largest absolute Gasteiger partial charge is 0.480 e. The topological polar surface area (TPSA) is 77.9 Å². The van der Waals surface area contributed by atoms with Crippen LogP contribution in [0.1, 0.15) is 45.4 Å². The van der Waals surface area contributed by atoms with Crippen LogP contribution in [0.2, 0.25) is 0 Å². The smallest absolute Gasteiger partial charge is 0.323 e. The van der Waals surface area contributed by atoms with Crippen molar-refractivity contribution in [3.63, 3.8) is 0 Å². The van der Waals surface area contributed by atoms with Gasteiger partial charge in [-0.15, -0.1) is 0 Å². The van der Waals surface area contributed by atoms with E-state index in [-0.39, 0.29) is 24.9 Å². The first kappa shape index (κ1) is 16.5. The van der Waals surface area contributed by atoms with Gasteiger partial charge in [-0.25, -0.2) is 0 Å². The fraction of sp³-hybridized carbons (Fsp3) is 0.786. The molecule has 0 aliphatic carbocycles. The highest BCUT2D eigenvalue weighted by atomic mass is 16.4. The van der Waals surface area contributed by atoms with Crippen molar-refractivity contribution < 1.29 is 19.5 Å². The van der Waals surface area contributed by atoms with Crippen molar-refractivity contribution in [3.05, 3.63) is 0 Å². The molecule has 0 aromatic rings. The lowest BCUT2D eigenvalue weighted by Gasteiger charge is -2.27. The third kappa shape index (κ3) is 5.59. The van der Waals surface area contributed by atoms with Crippen LogP contribution in [0.3, 0.4) is 0 Å². The molecular weight excluding hydrogens is 260 g/mol. The van der Waals surface area contributed by atoms with Crippen LogP contribution in [0.15, 0.2) is 0 Å². The van der Waals surface area contributed by atoms with Gasteiger partial charge in [-0.1, -0.05) is 19.8 Å². The van der Waals surface area contributed by atoms with E-state index in [1.165, 1.54) is 4.90 Å². The van der Waals surface area contributed by atoms with Crippen LogP contribution in [0.25, 0.3) is 0 Å². The maximum Gasteiger partial charge on any atom is 0.323 e. The third-order valence-electron chi connectivity index (χ3n) is 3.42. The molecule has 0 unspecified atom stereocenters. The average Bonchev–Trinajstić information content (AvgIpc) is 2.37. The number of carbonyl (C=O) groups excluding carboxylic acids is 2. The van der Waals surface area contributed by atoms with Crippen LogP contribution in [0.4, 0.5) is 0 Å². The number of hydrogen-bond acceptors (Lipinski definition) is 3. The Labute approximate surface area is 119 Å². The quantitative estimate of drug-likeness (QED) is 0.792. The van der Waals surface area contributed by atoms with E-state index in [9.17, 15) is 14.4 Å². The number of carbonyl (C=O) groups is 3. The first-order chi connectivity index (χ1) is 9.54. The molecule has 2 amide bonds. The maximum absolute atomic E-state index is 12.1. The summed E-state index contributed by atoms with van der Waals surface area (Å²) in [4.78, 5) is 37.8. The van der Waals surface area contributed by atoms with Gasteiger partial charge in [0.1, 0.15) is 6.54 Å². The van der Waals surface area contributed by atoms with E-state index < -0.39 is 5.97 Å². The highest BCUT2D eigenvalue weighted by Gasteiger charge is 2.22. The number of likely N-dealkylation sites (tertiary alicyclic amines) is 1. The molecule has 0 aromatic carbocycles. The van der Waals surface area contributed by atoms with Crippen LogP contribution in [-0.4, -0.2) is 58.9 Å². The van der Waals surface area contributed by atoms with Gasteiger partial charge in [0.2, 0.25) is 11.8 Å². The summed E-state index contributed by atoms with van der Waals surface area (Å²) < 4.78 is 0. The Morgan fingerprint density at radius 2 is 1.95 bits per heavy atom. The Morgan fingerprint density at radius 3 is 2.60 bits per heavy atom. The summed E-state index contributed by atoms with van der Waals surface area (Å²) in [7, 11) is 0. The standard InChI is InChI=1S/C14H24N2O4/c1-2-8-15(11-14(19)20)13(18)10-16-9-6-4-3-5-7-12(16)17/h2-11H2,1H3,(H,19,20). The zero-order chi connectivity index (χ0) is 15.0. The van der Waals surface area contributed by atoms with Crippen molar-refractivity contribution in [2.24, 2.45) is 0 Å². The van der Waals surface area contributed by atoms with Crippen LogP contribution in [0.5, 0.6) is 0 Å². The van der Waals surface area contributed by atoms with E-state index in [0.29, 0.717) is 25.9 Å². The fourth-order valence-electron chi connectivity index (χ4n) is 2.37. The molecule has 1 fully saturated rings. The molecular formula is C14H24N2O4. The Kier molecular flexibility index (Phi) is 7.04. The lowest BCUT2D eigenvalue weighted by atomic mass is 10.1. The van der Waals surface area contributed by atoms with E-state index in [1.807, 2.05) is 6.92 Å². The summed E-state index contributed by atoms with van der Waals surface area (Å²) in [6.07, 6.45) is 5.11. The van der Waals surface area contributed by atoms with E-state index in [1.54, 1.807) is 4.90 Å². The van der Waals surface area contributed by atoms with Gasteiger partial charge in [-0.2, -0.15) is 0 Å². The van der Waals surface area contributed by atoms with Gasteiger partial charge >= 0.3 is 5.97 Å². The SMILES string of the molecule is CCCN(CC(=O)O)C(=O)CN1CCCCCCC1=O. The molecule has 1 aliphatic heterocycles. The lowest BCUT2D eigenvalue weighted by Crippen LogP contribution is -2.45. The maximum atomic E-state index is 12.1. The Bertz CT molecular complexity index is 357. The fourth-order valence-corrected chi connectivity index (χ4v) is 2.37. The second-order valence-electron chi connectivity index (χ2n) is 5.19. The average molecular weight is 284 g/mol. The minimum absolute atomic E-state index is 0.00447. The predicted octanol–water partition coefficient (Wildman–Crippen LogP) is 1.10. The Balaban J connectivity index is 2.59. The highest BCUT2D eigenvalue weighted by Crippen LogP contribution is 2.12. The molecule has 114 valence electrons. The molecule has 0 aromatic heterocycles. The van der Waals surface area contributed by atoms with Crippen LogP contribution < -0.4 is 0 Å². The predicted molar refractivity (Wildman–Crippen MR) is 74.2 cm³/mol. The molecule has 0 radical (unpaired) electrons. The zero-order valence-corrected chi connectivity index (χ0v) is 12.1. The number of hydrogen-bond donors (Lipinski definition) is 1. The van der Waals surface area contributed by atoms with Crippen molar-refractivity contribution in [3.8, 4) is 0 Å². The van der Waals surface area contributed by atoms with E-state index in [0.717, 1.165) is 25.7 Å². The second kappa shape index (κ2) is 8.55. The molecule has 6 nitrogen and oxygen atoms in total. The number of amides is 2. The number of rotatable bonds is 6. The third-order valence-corrected chi connectivity index (χ3v) is 3.42. The van der Waals surface area contributed by atoms with Gasteiger partial charge in [0.25, 0.3) is 0 Å². The molecule has 1 aliphatic rings. The molecule has 1 saturated heterocycles. The van der Waals surface area contributed by atoms with Crippen LogP contribution in [-0.2, 0) is 14.4 Å². The molecule has 0 atom stereocenters. The summed E-state index contributed by atoms with van der Waals surface area (Å²) in [5.74, 6) is -1.29. The molecule has 1 N–H and O–H groups in total. The van der Waals surface area contributed by atoms with Crippen molar-refractivity contribution in [1.29, 1.82) is 0 Å². The summed E-state index contributed by atoms with van der Waals surface area (Å²) in [6.45, 7) is 2.61. The van der Waals surface area contributed by atoms with Crippen molar-refractivity contribution >= 4 is 17.8 Å². The van der Waals surface area contributed by atoms with Crippen LogP contribution in [0, 0.1) is 0 Å². The summed E-state index contributed by atoms with van der Waals surface area (Å²) in [6, 6.07) is 0. The van der Waals surface area contributed by atoms with Gasteiger partial charge in [0.05, 0.1) is 6.54 Å². The van der Waals surface area contributed by atoms with E-state index in [2.05, 4.69) is 0 Å². The molecule has 1 heterocycles. The van der Waals surface area contributed by atoms with Gasteiger partial charge < -0.3 is 14.9 Å². The minimum Gasteiger partial charge on any atom is -0.480 e. The van der Waals surface area contributed by atoms with Gasteiger partial charge in [-0.3, -0.25) is 14.4 Å². The van der Waals surface area contributed by atoms with Crippen LogP contribution >= 0.6 is 0 Å². The van der Waals surface area contributed by atoms with Crippen molar-refractivity contribution in [2.45, 2.75) is 45.4 Å². The van der Waals surface area contributed by atoms with Gasteiger partial charge in [0.15, 0.2) is 0 Å². The summed E-state index contributed by atoms with van der Waals surface area (Å²) >= 11 is 0. The minimum atomic E-state index is -1.02. The van der Waals surface area contributed by atoms with Gasteiger partial charge in [0, 0.05) is 19.5 Å². The molecule has 0 saturated carbocycles. The Hall–Kier alpha value is -1.59. The number of carboxylic acids is 1. The number of nitrogens with zero attached hydrogens (tertiary/aromatic N) is 2. The zero-order valence-electron chi connectivity index (χ0n) is 12.1. The molecule has 6 heteroatoms. The van der Waals surface area contributed by atoms with Crippen molar-refractivity contribution in [2.75, 3.05) is 26.2 Å². The molecule has 20 heavy (non-hydrogen) atoms. The summed E-state index contributed by atoms with van der Waals surface area (Å²) in [5, 5.41) is 8.83. The molecule has 1 rings (SSSR count). The monoisotopic (exact) mass is 284 g/mol. The normalized spacial score (nSPS) is 16.4.